The molecule has 2 aliphatic rings. The van der Waals surface area contributed by atoms with Gasteiger partial charge in [-0.25, -0.2) is 4.90 Å². The van der Waals surface area contributed by atoms with Gasteiger partial charge in [0.15, 0.2) is 0 Å². The summed E-state index contributed by atoms with van der Waals surface area (Å²) in [5.41, 5.74) is -0.131. The van der Waals surface area contributed by atoms with Gasteiger partial charge in [0.25, 0.3) is 0 Å². The van der Waals surface area contributed by atoms with Crippen LogP contribution in [0, 0.1) is 11.8 Å². The van der Waals surface area contributed by atoms with E-state index in [0.717, 1.165) is 4.90 Å². The van der Waals surface area contributed by atoms with Crippen LogP contribution in [0.4, 0.5) is 18.9 Å². The Morgan fingerprint density at radius 2 is 1.60 bits per heavy atom. The van der Waals surface area contributed by atoms with Gasteiger partial charge in [0.1, 0.15) is 10.6 Å². The van der Waals surface area contributed by atoms with Gasteiger partial charge < -0.3 is 0 Å². The van der Waals surface area contributed by atoms with E-state index in [1.807, 2.05) is 0 Å². The Morgan fingerprint density at radius 1 is 1.07 bits per heavy atom. The lowest BCUT2D eigenvalue weighted by Crippen LogP contribution is -2.39. The number of benzene rings is 1. The SMILES string of the molecule is O=C(C1CC1)N(C(=O)C1CC1)c1c(Cl)cc(Cl)c(-c2nsc(C(F)(F)F)c2Cl)c1Br. The van der Waals surface area contributed by atoms with Gasteiger partial charge in [0.2, 0.25) is 11.8 Å². The standard InChI is InChI=1S/C18H11BrCl3F3N2O2S/c19-11-10(13-12(22)15(30-26-13)18(23,24)25)8(20)5-9(21)14(11)27(16(28)6-1-2-6)17(29)7-3-4-7/h5-7H,1-4H2. The normalized spacial score (nSPS) is 16.6. The fourth-order valence-electron chi connectivity index (χ4n) is 2.97. The first kappa shape index (κ1) is 22.3. The number of hydrogen-bond acceptors (Lipinski definition) is 4. The van der Waals surface area contributed by atoms with Crippen LogP contribution in [0.5, 0.6) is 0 Å². The molecule has 1 aromatic carbocycles. The number of hydrogen-bond donors (Lipinski definition) is 0. The third-order valence-electron chi connectivity index (χ3n) is 4.79. The number of halogens is 7. The zero-order valence-electron chi connectivity index (χ0n) is 14.8. The van der Waals surface area contributed by atoms with Gasteiger partial charge in [-0.3, -0.25) is 9.59 Å². The summed E-state index contributed by atoms with van der Waals surface area (Å²) >= 11 is 22.1. The molecule has 0 unspecified atom stereocenters. The van der Waals surface area contributed by atoms with E-state index in [9.17, 15) is 22.8 Å². The van der Waals surface area contributed by atoms with E-state index >= 15 is 0 Å². The first-order valence-electron chi connectivity index (χ1n) is 8.80. The Labute approximate surface area is 196 Å². The molecule has 1 aromatic heterocycles. The molecule has 0 N–H and O–H groups in total. The second-order valence-corrected chi connectivity index (χ2v) is 9.87. The van der Waals surface area contributed by atoms with Crippen LogP contribution >= 0.6 is 62.3 Å². The molecular formula is C18H11BrCl3F3N2O2S. The minimum atomic E-state index is -4.68. The molecule has 0 radical (unpaired) electrons. The molecule has 0 bridgehead atoms. The number of amides is 2. The van der Waals surface area contributed by atoms with Crippen molar-refractivity contribution in [1.82, 2.24) is 4.37 Å². The minimum Gasteiger partial charge on any atom is -0.274 e. The van der Waals surface area contributed by atoms with Gasteiger partial charge in [-0.05, 0) is 59.2 Å². The molecule has 0 spiro atoms. The number of aromatic nitrogens is 1. The molecular weight excluding hydrogens is 552 g/mol. The highest BCUT2D eigenvalue weighted by molar-refractivity contribution is 9.10. The van der Waals surface area contributed by atoms with E-state index in [2.05, 4.69) is 20.3 Å². The number of carbonyl (C=O) groups excluding carboxylic acids is 2. The van der Waals surface area contributed by atoms with Crippen molar-refractivity contribution in [1.29, 1.82) is 0 Å². The van der Waals surface area contributed by atoms with E-state index in [4.69, 9.17) is 34.8 Å². The lowest BCUT2D eigenvalue weighted by molar-refractivity contribution is -0.134. The number of imide groups is 1. The number of carbonyl (C=O) groups is 2. The summed E-state index contributed by atoms with van der Waals surface area (Å²) in [5.74, 6) is -1.34. The number of anilines is 1. The Balaban J connectivity index is 1.89. The summed E-state index contributed by atoms with van der Waals surface area (Å²) in [7, 11) is 0. The Hall–Kier alpha value is -0.870. The van der Waals surface area contributed by atoms with Crippen molar-refractivity contribution in [2.75, 3.05) is 4.90 Å². The molecule has 2 fully saturated rings. The summed E-state index contributed by atoms with van der Waals surface area (Å²) in [6, 6.07) is 1.27. The molecule has 2 aromatic rings. The van der Waals surface area contributed by atoms with Crippen molar-refractivity contribution in [3.8, 4) is 11.3 Å². The first-order chi connectivity index (χ1) is 14.0. The monoisotopic (exact) mass is 560 g/mol. The molecule has 2 saturated carbocycles. The molecule has 30 heavy (non-hydrogen) atoms. The van der Waals surface area contributed by atoms with E-state index in [1.165, 1.54) is 6.07 Å². The molecule has 2 amide bonds. The van der Waals surface area contributed by atoms with Crippen LogP contribution < -0.4 is 4.90 Å². The molecule has 1 heterocycles. The average Bonchev–Trinajstić information content (AvgIpc) is 3.54. The highest BCUT2D eigenvalue weighted by Gasteiger charge is 2.44. The second kappa shape index (κ2) is 7.92. The molecule has 0 aliphatic heterocycles. The summed E-state index contributed by atoms with van der Waals surface area (Å²) in [5, 5.41) is -0.618. The molecule has 2 aliphatic carbocycles. The van der Waals surface area contributed by atoms with Crippen molar-refractivity contribution in [2.24, 2.45) is 11.8 Å². The lowest BCUT2D eigenvalue weighted by Gasteiger charge is -2.25. The predicted molar refractivity (Wildman–Crippen MR) is 113 cm³/mol. The molecule has 4 nitrogen and oxygen atoms in total. The van der Waals surface area contributed by atoms with Crippen LogP contribution in [0.1, 0.15) is 30.6 Å². The predicted octanol–water partition coefficient (Wildman–Crippen LogP) is 7.23. The minimum absolute atomic E-state index is 0.0148. The molecule has 160 valence electrons. The second-order valence-electron chi connectivity index (χ2n) is 7.11. The summed E-state index contributed by atoms with van der Waals surface area (Å²) < 4.78 is 43.4. The third-order valence-corrected chi connectivity index (χ3v) is 7.52. The van der Waals surface area contributed by atoms with Crippen LogP contribution in [0.3, 0.4) is 0 Å². The van der Waals surface area contributed by atoms with Gasteiger partial charge in [-0.15, -0.1) is 0 Å². The van der Waals surface area contributed by atoms with Crippen molar-refractivity contribution >= 4 is 79.8 Å². The summed E-state index contributed by atoms with van der Waals surface area (Å²) in [4.78, 5) is 25.8. The zero-order chi connectivity index (χ0) is 22.0. The quantitative estimate of drug-likeness (QED) is 0.370. The maximum absolute atomic E-state index is 13.2. The Bertz CT molecular complexity index is 1040. The highest BCUT2D eigenvalue weighted by atomic mass is 79.9. The topological polar surface area (TPSA) is 50.3 Å². The van der Waals surface area contributed by atoms with Gasteiger partial charge in [-0.2, -0.15) is 17.5 Å². The van der Waals surface area contributed by atoms with Crippen LogP contribution in [-0.4, -0.2) is 16.2 Å². The van der Waals surface area contributed by atoms with Crippen molar-refractivity contribution in [3.63, 3.8) is 0 Å². The summed E-state index contributed by atoms with van der Waals surface area (Å²) in [6.45, 7) is 0. The number of rotatable bonds is 4. The van der Waals surface area contributed by atoms with Gasteiger partial charge in [0.05, 0.1) is 25.2 Å². The highest BCUT2D eigenvalue weighted by Crippen LogP contribution is 2.51. The molecule has 4 rings (SSSR count). The van der Waals surface area contributed by atoms with E-state index in [0.29, 0.717) is 25.7 Å². The van der Waals surface area contributed by atoms with Crippen molar-refractivity contribution in [3.05, 3.63) is 30.5 Å². The lowest BCUT2D eigenvalue weighted by atomic mass is 10.1. The smallest absolute Gasteiger partial charge is 0.274 e. The van der Waals surface area contributed by atoms with E-state index < -0.39 is 16.1 Å². The van der Waals surface area contributed by atoms with Crippen LogP contribution in [0.15, 0.2) is 10.5 Å². The maximum Gasteiger partial charge on any atom is 0.428 e. The maximum atomic E-state index is 13.2. The zero-order valence-corrected chi connectivity index (χ0v) is 19.5. The van der Waals surface area contributed by atoms with E-state index in [-0.39, 0.29) is 66.6 Å². The number of alkyl halides is 3. The number of nitrogens with zero attached hydrogens (tertiary/aromatic N) is 2. The van der Waals surface area contributed by atoms with E-state index in [1.54, 1.807) is 0 Å². The third kappa shape index (κ3) is 3.99. The Kier molecular flexibility index (Phi) is 5.89. The average molecular weight is 563 g/mol. The Morgan fingerprint density at radius 3 is 2.03 bits per heavy atom. The van der Waals surface area contributed by atoms with Crippen LogP contribution in [0.2, 0.25) is 15.1 Å². The largest absolute Gasteiger partial charge is 0.428 e. The van der Waals surface area contributed by atoms with Crippen LogP contribution in [-0.2, 0) is 15.8 Å². The molecule has 0 atom stereocenters. The van der Waals surface area contributed by atoms with Crippen LogP contribution in [0.25, 0.3) is 11.3 Å². The molecule has 12 heteroatoms. The van der Waals surface area contributed by atoms with Crippen molar-refractivity contribution in [2.45, 2.75) is 31.9 Å². The summed E-state index contributed by atoms with van der Waals surface area (Å²) in [6.07, 6.45) is -2.03. The first-order valence-corrected chi connectivity index (χ1v) is 11.5. The van der Waals surface area contributed by atoms with Gasteiger partial charge >= 0.3 is 6.18 Å². The fraction of sp³-hybridized carbons (Fsp3) is 0.389. The van der Waals surface area contributed by atoms with Gasteiger partial charge in [0, 0.05) is 17.4 Å². The molecule has 0 saturated heterocycles. The fourth-order valence-corrected chi connectivity index (χ4v) is 5.67. The van der Waals surface area contributed by atoms with Gasteiger partial charge in [-0.1, -0.05) is 34.8 Å². The van der Waals surface area contributed by atoms with Crippen molar-refractivity contribution < 1.29 is 22.8 Å².